The number of likely N-dealkylation sites (tertiary alicyclic amines) is 1. The number of carbonyl (C=O) groups excluding carboxylic acids is 2. The number of benzene rings is 5. The predicted octanol–water partition coefficient (Wildman–Crippen LogP) is 6.77. The fraction of sp³-hybridized carbons (Fsp3) is 0.391. The highest BCUT2D eigenvalue weighted by Crippen LogP contribution is 2.28. The third-order valence-corrected chi connectivity index (χ3v) is 15.7. The highest BCUT2D eigenvalue weighted by Gasteiger charge is 2.34. The number of fused-ring (bicyclic) bond motifs is 2. The van der Waals surface area contributed by atoms with Crippen molar-refractivity contribution < 1.29 is 36.1 Å². The number of urea groups is 1. The molecule has 0 atom stereocenters. The van der Waals surface area contributed by atoms with Gasteiger partial charge in [0.1, 0.15) is 5.75 Å². The molecule has 0 saturated carbocycles. The van der Waals surface area contributed by atoms with Crippen LogP contribution < -0.4 is 10.1 Å². The number of amides is 3. The number of sulfonamides is 2. The van der Waals surface area contributed by atoms with Crippen LogP contribution in [0.1, 0.15) is 38.5 Å². The molecule has 18 heteroatoms. The Morgan fingerprint density at radius 2 is 0.953 bits per heavy atom. The second-order valence-corrected chi connectivity index (χ2v) is 19.8. The van der Waals surface area contributed by atoms with E-state index in [1.165, 1.54) is 76.5 Å². The number of nitro groups is 1. The highest BCUT2D eigenvalue weighted by molar-refractivity contribution is 7.89. The quantitative estimate of drug-likeness (QED) is 0.141. The third kappa shape index (κ3) is 11.2. The number of nitrogens with zero attached hydrogens (tertiary/aromatic N) is 6. The Labute approximate surface area is 374 Å². The molecule has 5 aromatic rings. The minimum atomic E-state index is -3.72. The molecule has 64 heavy (non-hydrogen) atoms. The summed E-state index contributed by atoms with van der Waals surface area (Å²) in [7, 11) is -7.30. The van der Waals surface area contributed by atoms with Gasteiger partial charge in [0.2, 0.25) is 20.0 Å². The van der Waals surface area contributed by atoms with Gasteiger partial charge in [0.05, 0.1) is 14.7 Å². The molecule has 0 unspecified atom stereocenters. The van der Waals surface area contributed by atoms with Crippen molar-refractivity contribution in [2.24, 2.45) is 0 Å². The van der Waals surface area contributed by atoms with E-state index in [1.54, 1.807) is 41.3 Å². The predicted molar refractivity (Wildman–Crippen MR) is 245 cm³/mol. The number of piperidine rings is 2. The molecule has 4 saturated heterocycles. The average molecular weight is 914 g/mol. The van der Waals surface area contributed by atoms with Crippen molar-refractivity contribution in [1.82, 2.24) is 28.6 Å². The molecule has 16 nitrogen and oxygen atoms in total. The van der Waals surface area contributed by atoms with Gasteiger partial charge in [-0.05, 0) is 80.2 Å². The second kappa shape index (κ2) is 21.3. The lowest BCUT2D eigenvalue weighted by Crippen LogP contribution is -2.54. The van der Waals surface area contributed by atoms with Crippen LogP contribution in [-0.2, 0) is 20.0 Å². The van der Waals surface area contributed by atoms with E-state index in [1.807, 2.05) is 53.4 Å². The number of rotatable bonds is 6. The smallest absolute Gasteiger partial charge is 0.410 e. The van der Waals surface area contributed by atoms with E-state index in [0.29, 0.717) is 36.5 Å². The zero-order valence-corrected chi connectivity index (χ0v) is 37.4. The van der Waals surface area contributed by atoms with Gasteiger partial charge in [0, 0.05) is 88.4 Å². The summed E-state index contributed by atoms with van der Waals surface area (Å²) in [5, 5.41) is 17.1. The maximum atomic E-state index is 13.2. The lowest BCUT2D eigenvalue weighted by atomic mass is 10.1. The van der Waals surface area contributed by atoms with Crippen molar-refractivity contribution in [1.29, 1.82) is 0 Å². The van der Waals surface area contributed by atoms with Crippen LogP contribution in [0.15, 0.2) is 119 Å². The first-order valence-corrected chi connectivity index (χ1v) is 24.7. The molecular weight excluding hydrogens is 859 g/mol. The molecule has 0 spiro atoms. The molecule has 0 bridgehead atoms. The Balaban J connectivity index is 0.000000170. The Bertz CT molecular complexity index is 2600. The molecule has 0 aliphatic carbocycles. The number of carbonyl (C=O) groups is 2. The van der Waals surface area contributed by atoms with Gasteiger partial charge < -0.3 is 24.8 Å². The van der Waals surface area contributed by atoms with E-state index in [4.69, 9.17) is 4.74 Å². The minimum Gasteiger partial charge on any atom is -0.410 e. The van der Waals surface area contributed by atoms with E-state index in [-0.39, 0.29) is 48.5 Å². The van der Waals surface area contributed by atoms with Crippen molar-refractivity contribution in [2.45, 2.75) is 48.3 Å². The summed E-state index contributed by atoms with van der Waals surface area (Å²) >= 11 is 0. The highest BCUT2D eigenvalue weighted by atomic mass is 32.2. The van der Waals surface area contributed by atoms with Crippen LogP contribution in [0.3, 0.4) is 0 Å². The topological polar surface area (TPSA) is 183 Å². The van der Waals surface area contributed by atoms with Crippen molar-refractivity contribution in [3.63, 3.8) is 0 Å². The second-order valence-electron chi connectivity index (χ2n) is 16.0. The standard InChI is InChI=1S/C21H19N3O6S.C20H25N3O3S.C5H11N/c25-21(30-18-10-8-17(9-11-18)24(26)27)22-12-14-23(15-13-22)31(28,29)20-7-3-5-16-4-1-2-6-19(16)20;24-20(21-11-4-1-5-12-21)22-13-15-23(16-14-22)27(25,26)19-10-6-8-17-7-2-3-9-18(17)19;1-2-4-6-5-3-1/h1-11H,12-15H2;2-3,6-10H,1,4-5,11-16H2;6H,1-5H2. The number of ether oxygens (including phenoxy) is 1. The van der Waals surface area contributed by atoms with Gasteiger partial charge in [-0.3, -0.25) is 10.1 Å². The van der Waals surface area contributed by atoms with E-state index in [2.05, 4.69) is 5.32 Å². The molecule has 4 fully saturated rings. The maximum absolute atomic E-state index is 13.2. The number of non-ortho nitro benzene ring substituents is 1. The summed E-state index contributed by atoms with van der Waals surface area (Å²) in [6, 6.07) is 30.6. The number of piperazine rings is 2. The minimum absolute atomic E-state index is 0.0527. The van der Waals surface area contributed by atoms with Crippen molar-refractivity contribution in [3.8, 4) is 5.75 Å². The van der Waals surface area contributed by atoms with Crippen LogP contribution in [0.25, 0.3) is 21.5 Å². The Kier molecular flexibility index (Phi) is 15.5. The summed E-state index contributed by atoms with van der Waals surface area (Å²) in [6.45, 7) is 6.32. The van der Waals surface area contributed by atoms with Crippen LogP contribution in [0, 0.1) is 10.1 Å². The lowest BCUT2D eigenvalue weighted by Gasteiger charge is -2.38. The molecule has 0 aromatic heterocycles. The summed E-state index contributed by atoms with van der Waals surface area (Å²) in [6.07, 6.45) is 6.88. The van der Waals surface area contributed by atoms with Crippen LogP contribution >= 0.6 is 0 Å². The Morgan fingerprint density at radius 3 is 1.41 bits per heavy atom. The average Bonchev–Trinajstić information content (AvgIpc) is 3.34. The summed E-state index contributed by atoms with van der Waals surface area (Å²) in [5.41, 5.74) is -0.105. The first-order chi connectivity index (χ1) is 30.9. The van der Waals surface area contributed by atoms with Gasteiger partial charge in [0.15, 0.2) is 0 Å². The normalized spacial score (nSPS) is 17.7. The van der Waals surface area contributed by atoms with Crippen LogP contribution in [0.5, 0.6) is 5.75 Å². The molecule has 3 amide bonds. The van der Waals surface area contributed by atoms with E-state index in [9.17, 15) is 36.5 Å². The fourth-order valence-corrected chi connectivity index (χ4v) is 11.5. The molecule has 0 radical (unpaired) electrons. The Morgan fingerprint density at radius 1 is 0.516 bits per heavy atom. The van der Waals surface area contributed by atoms with E-state index >= 15 is 0 Å². The molecule has 4 aliphatic rings. The Hall–Kier alpha value is -5.66. The monoisotopic (exact) mass is 913 g/mol. The maximum Gasteiger partial charge on any atom is 0.415 e. The number of nitrogens with one attached hydrogen (secondary N) is 1. The van der Waals surface area contributed by atoms with Crippen molar-refractivity contribution in [3.05, 3.63) is 119 Å². The van der Waals surface area contributed by atoms with Crippen molar-refractivity contribution in [2.75, 3.05) is 78.5 Å². The van der Waals surface area contributed by atoms with Crippen LogP contribution in [0.2, 0.25) is 0 Å². The molecule has 5 aromatic carbocycles. The number of hydrogen-bond acceptors (Lipinski definition) is 10. The molecule has 340 valence electrons. The van der Waals surface area contributed by atoms with Gasteiger partial charge in [-0.2, -0.15) is 8.61 Å². The van der Waals surface area contributed by atoms with Gasteiger partial charge in [-0.1, -0.05) is 79.2 Å². The van der Waals surface area contributed by atoms with Gasteiger partial charge >= 0.3 is 12.1 Å². The number of nitro benzene ring substituents is 1. The lowest BCUT2D eigenvalue weighted by molar-refractivity contribution is -0.384. The van der Waals surface area contributed by atoms with Crippen LogP contribution in [0.4, 0.5) is 15.3 Å². The summed E-state index contributed by atoms with van der Waals surface area (Å²) in [5.74, 6) is 0.182. The summed E-state index contributed by atoms with van der Waals surface area (Å²) < 4.78 is 60.9. The fourth-order valence-electron chi connectivity index (χ4n) is 8.24. The van der Waals surface area contributed by atoms with Gasteiger partial charge in [0.25, 0.3) is 5.69 Å². The van der Waals surface area contributed by atoms with E-state index in [0.717, 1.165) is 42.1 Å². The zero-order valence-electron chi connectivity index (χ0n) is 35.8. The first-order valence-electron chi connectivity index (χ1n) is 21.8. The van der Waals surface area contributed by atoms with Crippen molar-refractivity contribution >= 4 is 59.4 Å². The van der Waals surface area contributed by atoms with E-state index < -0.39 is 31.1 Å². The molecule has 4 aliphatic heterocycles. The first kappa shape index (κ1) is 46.3. The molecule has 9 rings (SSSR count). The largest absolute Gasteiger partial charge is 0.415 e. The zero-order chi connectivity index (χ0) is 45.1. The van der Waals surface area contributed by atoms with Gasteiger partial charge in [-0.25, -0.2) is 26.4 Å². The molecule has 4 heterocycles. The molecule has 1 N–H and O–H groups in total. The van der Waals surface area contributed by atoms with Gasteiger partial charge in [-0.15, -0.1) is 0 Å². The van der Waals surface area contributed by atoms with Crippen LogP contribution in [-0.4, -0.2) is 136 Å². The number of hydrogen-bond donors (Lipinski definition) is 1. The third-order valence-electron chi connectivity index (χ3n) is 11.8. The molecular formula is C46H55N7O9S2. The SMILES string of the molecule is C1CCNCC1.O=C(N1CCCCC1)N1CCN(S(=O)(=O)c2cccc3ccccc23)CC1.O=C(Oc1ccc([N+](=O)[O-])cc1)N1CCN(S(=O)(=O)c2cccc3ccccc23)CC1. The summed E-state index contributed by atoms with van der Waals surface area (Å²) in [4.78, 5) is 40.9.